The second kappa shape index (κ2) is 8.03. The molecule has 168 valence electrons. The fraction of sp³-hybridized carbons (Fsp3) is 0.214. The number of allylic oxidation sites excluding steroid dienone is 1. The van der Waals surface area contributed by atoms with Gasteiger partial charge in [-0.25, -0.2) is 9.37 Å². The lowest BCUT2D eigenvalue weighted by molar-refractivity contribution is 0.305. The largest absolute Gasteiger partial charge is 0.493 e. The van der Waals surface area contributed by atoms with Gasteiger partial charge in [-0.2, -0.15) is 5.26 Å². The predicted molar refractivity (Wildman–Crippen MR) is 126 cm³/mol. The highest BCUT2D eigenvalue weighted by molar-refractivity contribution is 5.86. The Balaban J connectivity index is 1.43. The maximum atomic E-state index is 13.9. The van der Waals surface area contributed by atoms with Crippen LogP contribution in [0.5, 0.6) is 11.5 Å². The van der Waals surface area contributed by atoms with Crippen LogP contribution in [0.15, 0.2) is 60.8 Å². The number of pyridine rings is 1. The Hall–Kier alpha value is -4.11. The molecule has 0 spiro atoms. The van der Waals surface area contributed by atoms with E-state index in [1.807, 2.05) is 24.4 Å². The molecule has 0 saturated heterocycles. The Bertz CT molecular complexity index is 1510. The Kier molecular flexibility index (Phi) is 4.84. The number of ether oxygens (including phenoxy) is 2. The van der Waals surface area contributed by atoms with E-state index < -0.39 is 0 Å². The van der Waals surface area contributed by atoms with Crippen LogP contribution in [0.25, 0.3) is 11.2 Å². The summed E-state index contributed by atoms with van der Waals surface area (Å²) in [7, 11) is 1.67. The summed E-state index contributed by atoms with van der Waals surface area (Å²) in [5.41, 5.74) is 7.65. The average Bonchev–Trinajstić information content (AvgIpc) is 3.65. The van der Waals surface area contributed by atoms with Gasteiger partial charge in [-0.3, -0.25) is 0 Å². The van der Waals surface area contributed by atoms with Gasteiger partial charge in [-0.1, -0.05) is 18.2 Å². The maximum Gasteiger partial charge on any atom is 0.180 e. The van der Waals surface area contributed by atoms with Crippen molar-refractivity contribution in [2.24, 2.45) is 0 Å². The van der Waals surface area contributed by atoms with E-state index in [9.17, 15) is 9.65 Å². The molecule has 4 aromatic rings. The predicted octanol–water partition coefficient (Wildman–Crippen LogP) is 5.80. The van der Waals surface area contributed by atoms with Crippen molar-refractivity contribution < 1.29 is 13.9 Å². The second-order valence-electron chi connectivity index (χ2n) is 8.77. The third kappa shape index (κ3) is 3.41. The zero-order valence-electron chi connectivity index (χ0n) is 18.7. The molecule has 0 bridgehead atoms. The first kappa shape index (κ1) is 20.5. The Morgan fingerprint density at radius 1 is 1.21 bits per heavy atom. The molecule has 1 aliphatic heterocycles. The smallest absolute Gasteiger partial charge is 0.180 e. The molecule has 34 heavy (non-hydrogen) atoms. The van der Waals surface area contributed by atoms with Crippen molar-refractivity contribution in [3.8, 4) is 17.6 Å². The number of hydrogen-bond donors (Lipinski definition) is 0. The Morgan fingerprint density at radius 3 is 2.85 bits per heavy atom. The van der Waals surface area contributed by atoms with Crippen LogP contribution in [0.3, 0.4) is 0 Å². The first-order valence-corrected chi connectivity index (χ1v) is 11.3. The summed E-state index contributed by atoms with van der Waals surface area (Å²) in [6.45, 7) is 0.304. The first-order valence-electron chi connectivity index (χ1n) is 11.3. The first-order chi connectivity index (χ1) is 16.7. The van der Waals surface area contributed by atoms with Gasteiger partial charge in [0.25, 0.3) is 0 Å². The Morgan fingerprint density at radius 2 is 2.06 bits per heavy atom. The van der Waals surface area contributed by atoms with Crippen LogP contribution in [0.1, 0.15) is 52.4 Å². The molecular formula is C28H22FN3O2. The number of aromatic nitrogens is 2. The normalized spacial score (nSPS) is 15.9. The molecule has 0 atom stereocenters. The molecule has 2 aromatic heterocycles. The zero-order valence-corrected chi connectivity index (χ0v) is 18.7. The van der Waals surface area contributed by atoms with Crippen LogP contribution in [-0.4, -0.2) is 16.5 Å². The number of fused-ring (bicyclic) bond motifs is 3. The number of methoxy groups -OCH3 is 1. The van der Waals surface area contributed by atoms with Crippen molar-refractivity contribution in [3.63, 3.8) is 0 Å². The van der Waals surface area contributed by atoms with E-state index in [-0.39, 0.29) is 5.82 Å². The second-order valence-corrected chi connectivity index (χ2v) is 8.77. The highest BCUT2D eigenvalue weighted by Crippen LogP contribution is 2.43. The van der Waals surface area contributed by atoms with E-state index in [1.165, 1.54) is 23.9 Å². The molecule has 0 radical (unpaired) electrons. The molecule has 6 rings (SSSR count). The van der Waals surface area contributed by atoms with Gasteiger partial charge in [0.1, 0.15) is 18.2 Å². The van der Waals surface area contributed by atoms with Gasteiger partial charge in [0.05, 0.1) is 24.6 Å². The van der Waals surface area contributed by atoms with Crippen LogP contribution in [0, 0.1) is 17.1 Å². The van der Waals surface area contributed by atoms with Gasteiger partial charge in [0.2, 0.25) is 0 Å². The van der Waals surface area contributed by atoms with Crippen LogP contribution >= 0.6 is 0 Å². The van der Waals surface area contributed by atoms with Crippen molar-refractivity contribution in [1.82, 2.24) is 9.38 Å². The standard InChI is InChI=1S/C28H22FN3O2/c1-33-25-3-2-12-32-24(27(18-5-6-18)31-28(25)32)14-17-4-8-21-19(13-17)16-34-26-15-20(29)7-9-23(26)22(21)10-11-30/h2-4,7-10,12-13,15,18H,5-6,14,16H2,1H3/b22-10+. The maximum absolute atomic E-state index is 13.9. The molecule has 6 heteroatoms. The van der Waals surface area contributed by atoms with Crippen molar-refractivity contribution in [2.45, 2.75) is 31.8 Å². The highest BCUT2D eigenvalue weighted by Gasteiger charge is 2.31. The summed E-state index contributed by atoms with van der Waals surface area (Å²) in [6, 6.07) is 16.7. The van der Waals surface area contributed by atoms with Crippen LogP contribution in [0.2, 0.25) is 0 Å². The molecule has 0 amide bonds. The lowest BCUT2D eigenvalue weighted by Crippen LogP contribution is -2.01. The van der Waals surface area contributed by atoms with E-state index in [4.69, 9.17) is 14.5 Å². The molecule has 1 fully saturated rings. The van der Waals surface area contributed by atoms with Gasteiger partial charge in [0, 0.05) is 41.8 Å². The van der Waals surface area contributed by atoms with E-state index in [0.717, 1.165) is 57.8 Å². The summed E-state index contributed by atoms with van der Waals surface area (Å²) < 4.78 is 27.5. The minimum atomic E-state index is -0.364. The fourth-order valence-electron chi connectivity index (χ4n) is 4.82. The van der Waals surface area contributed by atoms with Crippen molar-refractivity contribution in [1.29, 1.82) is 5.26 Å². The van der Waals surface area contributed by atoms with E-state index in [2.05, 4.69) is 22.6 Å². The molecule has 0 unspecified atom stereocenters. The molecule has 3 heterocycles. The molecule has 5 nitrogen and oxygen atoms in total. The number of halogens is 1. The third-order valence-electron chi connectivity index (χ3n) is 6.59. The Labute approximate surface area is 196 Å². The van der Waals surface area contributed by atoms with Gasteiger partial charge >= 0.3 is 0 Å². The van der Waals surface area contributed by atoms with Crippen molar-refractivity contribution >= 4 is 11.2 Å². The van der Waals surface area contributed by atoms with E-state index in [0.29, 0.717) is 24.7 Å². The highest BCUT2D eigenvalue weighted by atomic mass is 19.1. The SMILES string of the molecule is COc1cccn2c(Cc3ccc4c(c3)COc3cc(F)ccc3/C4=C/C#N)c(C3CC3)nc12. The van der Waals surface area contributed by atoms with Gasteiger partial charge in [-0.05, 0) is 53.8 Å². The minimum absolute atomic E-state index is 0.304. The van der Waals surface area contributed by atoms with Crippen LogP contribution < -0.4 is 9.47 Å². The lowest BCUT2D eigenvalue weighted by Gasteiger charge is -2.11. The van der Waals surface area contributed by atoms with Gasteiger partial charge < -0.3 is 13.9 Å². The average molecular weight is 452 g/mol. The summed E-state index contributed by atoms with van der Waals surface area (Å²) in [4.78, 5) is 4.95. The number of benzene rings is 2. The number of imidazole rings is 1. The molecular weight excluding hydrogens is 429 g/mol. The monoisotopic (exact) mass is 451 g/mol. The minimum Gasteiger partial charge on any atom is -0.493 e. The van der Waals surface area contributed by atoms with E-state index >= 15 is 0 Å². The summed E-state index contributed by atoms with van der Waals surface area (Å²) in [5.74, 6) is 1.35. The van der Waals surface area contributed by atoms with Crippen molar-refractivity contribution in [3.05, 3.63) is 100 Å². The summed E-state index contributed by atoms with van der Waals surface area (Å²) in [6.07, 6.45) is 6.58. The number of rotatable bonds is 4. The number of nitrogens with zero attached hydrogens (tertiary/aromatic N) is 3. The van der Waals surface area contributed by atoms with Crippen LogP contribution in [-0.2, 0) is 13.0 Å². The van der Waals surface area contributed by atoms with Crippen molar-refractivity contribution in [2.75, 3.05) is 7.11 Å². The molecule has 1 aliphatic carbocycles. The fourth-order valence-corrected chi connectivity index (χ4v) is 4.82. The van der Waals surface area contributed by atoms with Gasteiger partial charge in [0.15, 0.2) is 11.4 Å². The lowest BCUT2D eigenvalue weighted by atomic mass is 9.92. The zero-order chi connectivity index (χ0) is 23.2. The summed E-state index contributed by atoms with van der Waals surface area (Å²) >= 11 is 0. The number of hydrogen-bond acceptors (Lipinski definition) is 4. The quantitative estimate of drug-likeness (QED) is 0.368. The molecule has 2 aliphatic rings. The molecule has 2 aromatic carbocycles. The summed E-state index contributed by atoms with van der Waals surface area (Å²) in [5, 5.41) is 9.41. The van der Waals surface area contributed by atoms with Crippen LogP contribution in [0.4, 0.5) is 4.39 Å². The van der Waals surface area contributed by atoms with Gasteiger partial charge in [-0.15, -0.1) is 0 Å². The molecule has 0 N–H and O–H groups in total. The van der Waals surface area contributed by atoms with E-state index in [1.54, 1.807) is 13.2 Å². The molecule has 1 saturated carbocycles. The topological polar surface area (TPSA) is 59.5 Å². The number of nitriles is 1. The third-order valence-corrected chi connectivity index (χ3v) is 6.59.